The largest absolute Gasteiger partial charge is 0.479 e. The molecule has 0 aromatic heterocycles. The van der Waals surface area contributed by atoms with E-state index in [4.69, 9.17) is 4.74 Å². The summed E-state index contributed by atoms with van der Waals surface area (Å²) in [5.41, 5.74) is 3.08. The minimum Gasteiger partial charge on any atom is -0.479 e. The molecule has 1 unspecified atom stereocenters. The standard InChI is InChI=1S/C25H23N3O4/c1-16-7-6-8-18(13-16)24(30)27-20-11-12-22-21(14-20)28(25(31)17(2)32-22)15-23(29)26-19-9-4-3-5-10-19/h3-14,17H,15H2,1-2H3,(H,26,29)(H,27,30). The van der Waals surface area contributed by atoms with E-state index in [0.717, 1.165) is 5.56 Å². The Labute approximate surface area is 186 Å². The Hall–Kier alpha value is -4.13. The quantitative estimate of drug-likeness (QED) is 0.642. The van der Waals surface area contributed by atoms with E-state index in [0.29, 0.717) is 28.4 Å². The smallest absolute Gasteiger partial charge is 0.268 e. The zero-order chi connectivity index (χ0) is 22.7. The Morgan fingerprint density at radius 3 is 2.47 bits per heavy atom. The number of para-hydroxylation sites is 1. The molecule has 0 bridgehead atoms. The van der Waals surface area contributed by atoms with Crippen molar-refractivity contribution < 1.29 is 19.1 Å². The van der Waals surface area contributed by atoms with E-state index >= 15 is 0 Å². The molecule has 3 amide bonds. The molecule has 0 fully saturated rings. The number of ether oxygens (including phenoxy) is 1. The Bertz CT molecular complexity index is 1180. The summed E-state index contributed by atoms with van der Waals surface area (Å²) < 4.78 is 5.70. The molecule has 0 spiro atoms. The zero-order valence-corrected chi connectivity index (χ0v) is 17.8. The first kappa shape index (κ1) is 21.1. The summed E-state index contributed by atoms with van der Waals surface area (Å²) in [5.74, 6) is -0.460. The first-order valence-electron chi connectivity index (χ1n) is 10.3. The molecule has 1 aliphatic rings. The number of nitrogens with zero attached hydrogens (tertiary/aromatic N) is 1. The lowest BCUT2D eigenvalue weighted by atomic mass is 10.1. The molecular formula is C25H23N3O4. The number of carbonyl (C=O) groups excluding carboxylic acids is 3. The minimum atomic E-state index is -0.722. The fourth-order valence-electron chi connectivity index (χ4n) is 3.50. The third-order valence-corrected chi connectivity index (χ3v) is 5.06. The van der Waals surface area contributed by atoms with Gasteiger partial charge in [0.15, 0.2) is 6.10 Å². The highest BCUT2D eigenvalue weighted by Gasteiger charge is 2.33. The van der Waals surface area contributed by atoms with Gasteiger partial charge in [-0.25, -0.2) is 0 Å². The van der Waals surface area contributed by atoms with Gasteiger partial charge in [-0.05, 0) is 56.3 Å². The topological polar surface area (TPSA) is 87.7 Å². The first-order valence-corrected chi connectivity index (χ1v) is 10.3. The maximum Gasteiger partial charge on any atom is 0.268 e. The average molecular weight is 429 g/mol. The van der Waals surface area contributed by atoms with Crippen molar-refractivity contribution in [1.29, 1.82) is 0 Å². The summed E-state index contributed by atoms with van der Waals surface area (Å²) in [6.07, 6.45) is -0.722. The van der Waals surface area contributed by atoms with Gasteiger partial charge in [0.25, 0.3) is 11.8 Å². The molecule has 0 radical (unpaired) electrons. The molecule has 4 rings (SSSR count). The number of hydrogen-bond acceptors (Lipinski definition) is 4. The SMILES string of the molecule is Cc1cccc(C(=O)Nc2ccc3c(c2)N(CC(=O)Nc2ccccc2)C(=O)C(C)O3)c1. The zero-order valence-electron chi connectivity index (χ0n) is 17.8. The lowest BCUT2D eigenvalue weighted by Crippen LogP contribution is -2.47. The van der Waals surface area contributed by atoms with Crippen LogP contribution in [0.1, 0.15) is 22.8 Å². The van der Waals surface area contributed by atoms with Crippen molar-refractivity contribution in [2.75, 3.05) is 22.1 Å². The molecule has 162 valence electrons. The van der Waals surface area contributed by atoms with Gasteiger partial charge in [-0.2, -0.15) is 0 Å². The van der Waals surface area contributed by atoms with Gasteiger partial charge in [0.1, 0.15) is 12.3 Å². The third-order valence-electron chi connectivity index (χ3n) is 5.06. The molecule has 0 aliphatic carbocycles. The van der Waals surface area contributed by atoms with E-state index < -0.39 is 6.10 Å². The van der Waals surface area contributed by atoms with Crippen LogP contribution in [0.2, 0.25) is 0 Å². The third kappa shape index (κ3) is 4.62. The summed E-state index contributed by atoms with van der Waals surface area (Å²) in [7, 11) is 0. The number of anilines is 3. The highest BCUT2D eigenvalue weighted by atomic mass is 16.5. The maximum absolute atomic E-state index is 12.8. The lowest BCUT2D eigenvalue weighted by molar-refractivity contribution is -0.127. The van der Waals surface area contributed by atoms with E-state index in [1.54, 1.807) is 49.4 Å². The summed E-state index contributed by atoms with van der Waals surface area (Å²) in [6, 6.07) is 21.3. The monoisotopic (exact) mass is 429 g/mol. The van der Waals surface area contributed by atoms with Gasteiger partial charge < -0.3 is 15.4 Å². The Balaban J connectivity index is 1.56. The Morgan fingerprint density at radius 2 is 1.72 bits per heavy atom. The number of aryl methyl sites for hydroxylation is 1. The Morgan fingerprint density at radius 1 is 0.938 bits per heavy atom. The van der Waals surface area contributed by atoms with Crippen LogP contribution in [0.5, 0.6) is 5.75 Å². The number of rotatable bonds is 5. The number of amides is 3. The molecule has 32 heavy (non-hydrogen) atoms. The molecule has 0 saturated carbocycles. The van der Waals surface area contributed by atoms with Crippen molar-refractivity contribution >= 4 is 34.8 Å². The fourth-order valence-corrected chi connectivity index (χ4v) is 3.50. The van der Waals surface area contributed by atoms with Crippen molar-refractivity contribution in [3.63, 3.8) is 0 Å². The molecule has 7 nitrogen and oxygen atoms in total. The summed E-state index contributed by atoms with van der Waals surface area (Å²) in [4.78, 5) is 39.4. The highest BCUT2D eigenvalue weighted by Crippen LogP contribution is 2.36. The summed E-state index contributed by atoms with van der Waals surface area (Å²) >= 11 is 0. The predicted molar refractivity (Wildman–Crippen MR) is 123 cm³/mol. The van der Waals surface area contributed by atoms with Crippen LogP contribution in [0.25, 0.3) is 0 Å². The van der Waals surface area contributed by atoms with Gasteiger partial charge in [0, 0.05) is 16.9 Å². The Kier molecular flexibility index (Phi) is 5.89. The number of nitrogens with one attached hydrogen (secondary N) is 2. The van der Waals surface area contributed by atoms with E-state index in [2.05, 4.69) is 10.6 Å². The second-order valence-corrected chi connectivity index (χ2v) is 7.60. The van der Waals surface area contributed by atoms with Gasteiger partial charge >= 0.3 is 0 Å². The molecular weight excluding hydrogens is 406 g/mol. The molecule has 1 aliphatic heterocycles. The number of benzene rings is 3. The van der Waals surface area contributed by atoms with Gasteiger partial charge in [-0.15, -0.1) is 0 Å². The molecule has 3 aromatic rings. The van der Waals surface area contributed by atoms with E-state index in [9.17, 15) is 14.4 Å². The van der Waals surface area contributed by atoms with Gasteiger partial charge in [0.2, 0.25) is 5.91 Å². The van der Waals surface area contributed by atoms with Crippen LogP contribution in [0.3, 0.4) is 0 Å². The van der Waals surface area contributed by atoms with Crippen molar-refractivity contribution in [3.05, 3.63) is 83.9 Å². The predicted octanol–water partition coefficient (Wildman–Crippen LogP) is 4.00. The number of hydrogen-bond donors (Lipinski definition) is 2. The molecule has 1 atom stereocenters. The van der Waals surface area contributed by atoms with Crippen molar-refractivity contribution in [3.8, 4) is 5.75 Å². The molecule has 0 saturated heterocycles. The minimum absolute atomic E-state index is 0.177. The van der Waals surface area contributed by atoms with Crippen LogP contribution in [-0.2, 0) is 9.59 Å². The van der Waals surface area contributed by atoms with Crippen LogP contribution in [0, 0.1) is 6.92 Å². The molecule has 2 N–H and O–H groups in total. The second-order valence-electron chi connectivity index (χ2n) is 7.60. The van der Waals surface area contributed by atoms with E-state index in [1.165, 1.54) is 4.90 Å². The van der Waals surface area contributed by atoms with Crippen LogP contribution >= 0.6 is 0 Å². The second kappa shape index (κ2) is 8.93. The lowest BCUT2D eigenvalue weighted by Gasteiger charge is -2.33. The van der Waals surface area contributed by atoms with Crippen molar-refractivity contribution in [1.82, 2.24) is 0 Å². The number of carbonyl (C=O) groups is 3. The molecule has 1 heterocycles. The molecule has 7 heteroatoms. The van der Waals surface area contributed by atoms with Crippen molar-refractivity contribution in [2.45, 2.75) is 20.0 Å². The summed E-state index contributed by atoms with van der Waals surface area (Å²) in [6.45, 7) is 3.38. The number of fused-ring (bicyclic) bond motifs is 1. The summed E-state index contributed by atoms with van der Waals surface area (Å²) in [5, 5.41) is 5.63. The van der Waals surface area contributed by atoms with Gasteiger partial charge in [0.05, 0.1) is 5.69 Å². The van der Waals surface area contributed by atoms with E-state index in [-0.39, 0.29) is 24.3 Å². The van der Waals surface area contributed by atoms with E-state index in [1.807, 2.05) is 37.3 Å². The maximum atomic E-state index is 12.8. The first-order chi connectivity index (χ1) is 15.4. The van der Waals surface area contributed by atoms with Gasteiger partial charge in [-0.3, -0.25) is 19.3 Å². The highest BCUT2D eigenvalue weighted by molar-refractivity contribution is 6.08. The molecule has 3 aromatic carbocycles. The van der Waals surface area contributed by atoms with Gasteiger partial charge in [-0.1, -0.05) is 35.9 Å². The average Bonchev–Trinajstić information content (AvgIpc) is 2.78. The fraction of sp³-hybridized carbons (Fsp3) is 0.160. The van der Waals surface area contributed by atoms with Crippen LogP contribution < -0.4 is 20.3 Å². The normalized spacial score (nSPS) is 14.9. The van der Waals surface area contributed by atoms with Crippen LogP contribution in [-0.4, -0.2) is 30.4 Å². The van der Waals surface area contributed by atoms with Crippen molar-refractivity contribution in [2.24, 2.45) is 0 Å². The van der Waals surface area contributed by atoms with Crippen LogP contribution in [0.15, 0.2) is 72.8 Å². The van der Waals surface area contributed by atoms with Crippen LogP contribution in [0.4, 0.5) is 17.1 Å².